The Morgan fingerprint density at radius 1 is 1.06 bits per heavy atom. The van der Waals surface area contributed by atoms with E-state index in [4.69, 9.17) is 9.47 Å². The first-order valence-corrected chi connectivity index (χ1v) is 12.0. The van der Waals surface area contributed by atoms with E-state index in [0.29, 0.717) is 27.2 Å². The molecule has 1 atom stereocenters. The van der Waals surface area contributed by atoms with E-state index in [1.807, 2.05) is 30.3 Å². The Morgan fingerprint density at radius 2 is 1.78 bits per heavy atom. The van der Waals surface area contributed by atoms with Crippen molar-refractivity contribution >= 4 is 33.3 Å². The van der Waals surface area contributed by atoms with Crippen molar-refractivity contribution in [2.45, 2.75) is 32.0 Å². The molecule has 1 heterocycles. The number of carbonyl (C=O) groups is 2. The lowest BCUT2D eigenvalue weighted by Gasteiger charge is -2.25. The van der Waals surface area contributed by atoms with Gasteiger partial charge in [0, 0.05) is 18.7 Å². The normalized spacial score (nSPS) is 15.9. The van der Waals surface area contributed by atoms with E-state index in [-0.39, 0.29) is 25.1 Å². The van der Waals surface area contributed by atoms with Crippen LogP contribution in [0, 0.1) is 0 Å². The van der Waals surface area contributed by atoms with Crippen LogP contribution in [0.5, 0.6) is 11.5 Å². The Hall–Kier alpha value is -3.33. The highest BCUT2D eigenvalue weighted by atomic mass is 79.9. The number of alkyl halides is 3. The number of benzene rings is 3. The molecule has 1 amide bonds. The summed E-state index contributed by atoms with van der Waals surface area (Å²) in [5.74, 6) is -1.49. The van der Waals surface area contributed by atoms with Crippen LogP contribution in [0.4, 0.5) is 18.9 Å². The summed E-state index contributed by atoms with van der Waals surface area (Å²) in [6.45, 7) is 2.18. The first-order valence-electron chi connectivity index (χ1n) is 11.2. The average molecular weight is 562 g/mol. The number of nitrogens with zero attached hydrogens (tertiary/aromatic N) is 1. The maximum Gasteiger partial charge on any atom is 0.416 e. The molecule has 36 heavy (non-hydrogen) atoms. The van der Waals surface area contributed by atoms with Crippen molar-refractivity contribution < 1.29 is 32.2 Å². The van der Waals surface area contributed by atoms with Crippen LogP contribution in [-0.4, -0.2) is 25.3 Å². The summed E-state index contributed by atoms with van der Waals surface area (Å²) in [5, 5.41) is 0. The summed E-state index contributed by atoms with van der Waals surface area (Å²) in [6.07, 6.45) is -4.86. The molecule has 0 bridgehead atoms. The number of halogens is 4. The van der Waals surface area contributed by atoms with Crippen molar-refractivity contribution in [1.29, 1.82) is 0 Å². The van der Waals surface area contributed by atoms with Gasteiger partial charge in [0.05, 0.1) is 17.1 Å². The molecular weight excluding hydrogens is 539 g/mol. The maximum absolute atomic E-state index is 13.5. The number of fused-ring (bicyclic) bond motifs is 1. The number of rotatable bonds is 6. The number of hydrogen-bond donors (Lipinski definition) is 0. The lowest BCUT2D eigenvalue weighted by atomic mass is 9.91. The third kappa shape index (κ3) is 5.11. The number of amides is 1. The predicted molar refractivity (Wildman–Crippen MR) is 132 cm³/mol. The molecule has 1 unspecified atom stereocenters. The second kappa shape index (κ2) is 10.3. The van der Waals surface area contributed by atoms with Crippen molar-refractivity contribution in [3.63, 3.8) is 0 Å². The molecule has 1 aliphatic rings. The van der Waals surface area contributed by atoms with Gasteiger partial charge >= 0.3 is 6.18 Å². The molecule has 1 aliphatic heterocycles. The molecular formula is C27H23BrF3NO4. The van der Waals surface area contributed by atoms with Crippen molar-refractivity contribution in [3.05, 3.63) is 87.4 Å². The molecule has 0 saturated carbocycles. The molecule has 0 aliphatic carbocycles. The Morgan fingerprint density at radius 3 is 2.42 bits per heavy atom. The quantitative estimate of drug-likeness (QED) is 0.330. The minimum absolute atomic E-state index is 0.168. The fourth-order valence-electron chi connectivity index (χ4n) is 4.30. The van der Waals surface area contributed by atoms with Gasteiger partial charge in [0.15, 0.2) is 17.3 Å². The lowest BCUT2D eigenvalue weighted by Crippen LogP contribution is -2.36. The van der Waals surface area contributed by atoms with Crippen LogP contribution in [0.1, 0.15) is 35.1 Å². The van der Waals surface area contributed by atoms with Crippen LogP contribution in [-0.2, 0) is 28.8 Å². The van der Waals surface area contributed by atoms with Crippen molar-refractivity contribution in [2.24, 2.45) is 0 Å². The number of anilines is 1. The van der Waals surface area contributed by atoms with E-state index >= 15 is 0 Å². The van der Waals surface area contributed by atoms with Crippen LogP contribution < -0.4 is 14.4 Å². The zero-order valence-corrected chi connectivity index (χ0v) is 21.2. The Bertz CT molecular complexity index is 1290. The summed E-state index contributed by atoms with van der Waals surface area (Å²) in [5.41, 5.74) is 0.921. The smallest absolute Gasteiger partial charge is 0.416 e. The minimum Gasteiger partial charge on any atom is -0.493 e. The van der Waals surface area contributed by atoms with Gasteiger partial charge in [-0.2, -0.15) is 13.2 Å². The molecule has 0 radical (unpaired) electrons. The van der Waals surface area contributed by atoms with Gasteiger partial charge in [0.25, 0.3) is 0 Å². The second-order valence-corrected chi connectivity index (χ2v) is 9.16. The first kappa shape index (κ1) is 25.8. The van der Waals surface area contributed by atoms with E-state index in [1.54, 1.807) is 19.1 Å². The summed E-state index contributed by atoms with van der Waals surface area (Å²) in [4.78, 5) is 28.2. The van der Waals surface area contributed by atoms with E-state index in [2.05, 4.69) is 15.9 Å². The minimum atomic E-state index is -4.56. The summed E-state index contributed by atoms with van der Waals surface area (Å²) < 4.78 is 51.8. The average Bonchev–Trinajstić information content (AvgIpc) is 2.94. The molecule has 3 aromatic rings. The number of methoxy groups -OCH3 is 1. The number of Topliss-reactive ketones (excluding diaryl/α,β-unsaturated/α-hetero) is 1. The first-order chi connectivity index (χ1) is 17.1. The molecule has 0 N–H and O–H groups in total. The third-order valence-corrected chi connectivity index (χ3v) is 6.61. The molecule has 4 rings (SSSR count). The van der Waals surface area contributed by atoms with Gasteiger partial charge in [-0.05, 0) is 69.9 Å². The summed E-state index contributed by atoms with van der Waals surface area (Å²) in [6, 6.07) is 15.8. The summed E-state index contributed by atoms with van der Waals surface area (Å²) >= 11 is 3.46. The van der Waals surface area contributed by atoms with Crippen molar-refractivity contribution in [1.82, 2.24) is 0 Å². The van der Waals surface area contributed by atoms with Gasteiger partial charge in [-0.15, -0.1) is 0 Å². The number of hydrogen-bond acceptors (Lipinski definition) is 4. The van der Waals surface area contributed by atoms with Gasteiger partial charge in [-0.3, -0.25) is 9.59 Å². The number of carbonyl (C=O) groups excluding carboxylic acids is 2. The van der Waals surface area contributed by atoms with Crippen LogP contribution in [0.2, 0.25) is 0 Å². The molecule has 0 fully saturated rings. The molecule has 0 aromatic heterocycles. The zero-order valence-electron chi connectivity index (χ0n) is 19.6. The van der Waals surface area contributed by atoms with Crippen molar-refractivity contribution in [2.75, 3.05) is 18.6 Å². The van der Waals surface area contributed by atoms with Gasteiger partial charge in [0.1, 0.15) is 12.5 Å². The highest BCUT2D eigenvalue weighted by Gasteiger charge is 2.39. The third-order valence-electron chi connectivity index (χ3n) is 6.02. The lowest BCUT2D eigenvalue weighted by molar-refractivity contribution is -0.137. The standard InChI is InChI=1S/C27H23BrF3NO4/c1-3-32-21-10-9-19(27(29,30)31)11-17(21)13-22(33)24(26(32)34)18-12-20(28)25(23(14-18)35-2)36-15-16-7-5-4-6-8-16/h4-12,14,24H,3,13,15H2,1-2H3. The topological polar surface area (TPSA) is 55.8 Å². The monoisotopic (exact) mass is 561 g/mol. The number of ether oxygens (including phenoxy) is 2. The molecule has 188 valence electrons. The molecule has 5 nitrogen and oxygen atoms in total. The van der Waals surface area contributed by atoms with Gasteiger partial charge in [-0.25, -0.2) is 0 Å². The number of ketones is 1. The second-order valence-electron chi connectivity index (χ2n) is 8.31. The Balaban J connectivity index is 1.70. The van der Waals surface area contributed by atoms with Crippen molar-refractivity contribution in [3.8, 4) is 11.5 Å². The van der Waals surface area contributed by atoms with Gasteiger partial charge < -0.3 is 14.4 Å². The predicted octanol–water partition coefficient (Wildman–Crippen LogP) is 6.32. The van der Waals surface area contributed by atoms with E-state index in [9.17, 15) is 22.8 Å². The fourth-order valence-corrected chi connectivity index (χ4v) is 4.87. The van der Waals surface area contributed by atoms with Crippen LogP contribution >= 0.6 is 15.9 Å². The fraction of sp³-hybridized carbons (Fsp3) is 0.259. The highest BCUT2D eigenvalue weighted by Crippen LogP contribution is 2.42. The largest absolute Gasteiger partial charge is 0.493 e. The highest BCUT2D eigenvalue weighted by molar-refractivity contribution is 9.10. The van der Waals surface area contributed by atoms with Gasteiger partial charge in [-0.1, -0.05) is 30.3 Å². The molecule has 0 spiro atoms. The number of likely N-dealkylation sites (N-methyl/N-ethyl adjacent to an activating group) is 1. The molecule has 9 heteroatoms. The van der Waals surface area contributed by atoms with E-state index in [1.165, 1.54) is 18.1 Å². The van der Waals surface area contributed by atoms with E-state index in [0.717, 1.165) is 17.7 Å². The van der Waals surface area contributed by atoms with Crippen LogP contribution in [0.25, 0.3) is 0 Å². The zero-order chi connectivity index (χ0) is 26.0. The maximum atomic E-state index is 13.5. The Labute approximate surface area is 214 Å². The summed E-state index contributed by atoms with van der Waals surface area (Å²) in [7, 11) is 1.45. The van der Waals surface area contributed by atoms with E-state index < -0.39 is 29.3 Å². The van der Waals surface area contributed by atoms with Gasteiger partial charge in [0.2, 0.25) is 5.91 Å². The Kier molecular flexibility index (Phi) is 7.40. The van der Waals surface area contributed by atoms with Crippen LogP contribution in [0.3, 0.4) is 0 Å². The SMILES string of the molecule is CCN1C(=O)C(c2cc(Br)c(OCc3ccccc3)c(OC)c2)C(=O)Cc2cc(C(F)(F)F)ccc21. The molecule has 0 saturated heterocycles. The van der Waals surface area contributed by atoms with Crippen LogP contribution in [0.15, 0.2) is 65.1 Å². The molecule has 3 aromatic carbocycles.